The van der Waals surface area contributed by atoms with Crippen LogP contribution in [0.15, 0.2) is 51.4 Å². The maximum absolute atomic E-state index is 5.84. The van der Waals surface area contributed by atoms with Crippen molar-refractivity contribution in [1.29, 1.82) is 0 Å². The molecule has 0 fully saturated rings. The van der Waals surface area contributed by atoms with Crippen LogP contribution in [-0.4, -0.2) is 4.98 Å². The van der Waals surface area contributed by atoms with E-state index in [1.807, 2.05) is 54.6 Å². The van der Waals surface area contributed by atoms with E-state index in [2.05, 4.69) is 20.9 Å². The van der Waals surface area contributed by atoms with Gasteiger partial charge in [0.05, 0.1) is 0 Å². The van der Waals surface area contributed by atoms with Gasteiger partial charge in [0.1, 0.15) is 5.52 Å². The van der Waals surface area contributed by atoms with Crippen molar-refractivity contribution in [3.8, 4) is 0 Å². The molecule has 0 atom stereocenters. The summed E-state index contributed by atoms with van der Waals surface area (Å²) in [7, 11) is 0. The summed E-state index contributed by atoms with van der Waals surface area (Å²) in [6.07, 6.45) is 3.78. The summed E-state index contributed by atoms with van der Waals surface area (Å²) in [5.41, 5.74) is 2.66. The molecule has 0 spiro atoms. The van der Waals surface area contributed by atoms with E-state index in [-0.39, 0.29) is 0 Å². The third-order valence-electron chi connectivity index (χ3n) is 2.65. The summed E-state index contributed by atoms with van der Waals surface area (Å²) >= 11 is 9.25. The van der Waals surface area contributed by atoms with E-state index in [0.29, 0.717) is 5.89 Å². The molecule has 0 unspecified atom stereocenters. The molecule has 0 bridgehead atoms. The molecule has 0 saturated carbocycles. The first-order valence-electron chi connectivity index (χ1n) is 5.70. The molecule has 2 nitrogen and oxygen atoms in total. The van der Waals surface area contributed by atoms with Gasteiger partial charge in [0.2, 0.25) is 5.89 Å². The molecule has 0 saturated heterocycles. The molecule has 4 heteroatoms. The Kier molecular flexibility index (Phi) is 3.40. The highest BCUT2D eigenvalue weighted by Gasteiger charge is 2.03. The van der Waals surface area contributed by atoms with Gasteiger partial charge in [-0.25, -0.2) is 4.98 Å². The highest BCUT2D eigenvalue weighted by Crippen LogP contribution is 2.21. The lowest BCUT2D eigenvalue weighted by atomic mass is 10.2. The highest BCUT2D eigenvalue weighted by molar-refractivity contribution is 9.10. The summed E-state index contributed by atoms with van der Waals surface area (Å²) in [6.45, 7) is 0. The molecule has 3 aromatic rings. The molecule has 2 aromatic carbocycles. The van der Waals surface area contributed by atoms with Gasteiger partial charge in [-0.05, 0) is 42.0 Å². The van der Waals surface area contributed by atoms with Crippen molar-refractivity contribution in [3.63, 3.8) is 0 Å². The molecule has 0 amide bonds. The van der Waals surface area contributed by atoms with E-state index >= 15 is 0 Å². The van der Waals surface area contributed by atoms with E-state index in [4.69, 9.17) is 16.0 Å². The lowest BCUT2D eigenvalue weighted by molar-refractivity contribution is 0.589. The van der Waals surface area contributed by atoms with Crippen LogP contribution in [0.3, 0.4) is 0 Å². The number of benzene rings is 2. The Balaban J connectivity index is 1.90. The van der Waals surface area contributed by atoms with Crippen molar-refractivity contribution >= 4 is 50.8 Å². The number of hydrogen-bond acceptors (Lipinski definition) is 2. The summed E-state index contributed by atoms with van der Waals surface area (Å²) in [6, 6.07) is 13.3. The van der Waals surface area contributed by atoms with Crippen LogP contribution in [0.25, 0.3) is 23.3 Å². The summed E-state index contributed by atoms with van der Waals surface area (Å²) in [5.74, 6) is 0.586. The van der Waals surface area contributed by atoms with Crippen LogP contribution in [0, 0.1) is 0 Å². The molecular weight excluding hydrogens is 326 g/mol. The Hall–Kier alpha value is -1.58. The Labute approximate surface area is 123 Å². The van der Waals surface area contributed by atoms with Crippen molar-refractivity contribution in [2.24, 2.45) is 0 Å². The minimum Gasteiger partial charge on any atom is -0.437 e. The van der Waals surface area contributed by atoms with Gasteiger partial charge < -0.3 is 4.42 Å². The van der Waals surface area contributed by atoms with Crippen LogP contribution in [0.1, 0.15) is 11.5 Å². The lowest BCUT2D eigenvalue weighted by Gasteiger charge is -1.92. The number of nitrogens with zero attached hydrogens (tertiary/aromatic N) is 1. The second kappa shape index (κ2) is 5.19. The van der Waals surface area contributed by atoms with Crippen LogP contribution in [0.5, 0.6) is 0 Å². The zero-order valence-electron chi connectivity index (χ0n) is 9.81. The Morgan fingerprint density at radius 1 is 1.05 bits per heavy atom. The fraction of sp³-hybridized carbons (Fsp3) is 0. The Bertz CT molecular complexity index is 746. The minimum atomic E-state index is 0.586. The van der Waals surface area contributed by atoms with E-state index < -0.39 is 0 Å². The van der Waals surface area contributed by atoms with Gasteiger partial charge in [-0.1, -0.05) is 39.7 Å². The Morgan fingerprint density at radius 2 is 1.84 bits per heavy atom. The second-order valence-corrected chi connectivity index (χ2v) is 5.40. The standard InChI is InChI=1S/C15H9BrClNO/c16-11-4-7-14-13(9-11)18-15(19-14)8-3-10-1-5-12(17)6-2-10/h1-9H/b8-3+. The predicted octanol–water partition coefficient (Wildman–Crippen LogP) is 5.41. The summed E-state index contributed by atoms with van der Waals surface area (Å²) in [4.78, 5) is 4.40. The molecular formula is C15H9BrClNO. The molecule has 0 radical (unpaired) electrons. The maximum Gasteiger partial charge on any atom is 0.220 e. The zero-order valence-corrected chi connectivity index (χ0v) is 12.1. The summed E-state index contributed by atoms with van der Waals surface area (Å²) < 4.78 is 6.61. The van der Waals surface area contributed by atoms with Crippen LogP contribution < -0.4 is 0 Å². The van der Waals surface area contributed by atoms with Gasteiger partial charge in [0.15, 0.2) is 5.58 Å². The van der Waals surface area contributed by atoms with Crippen molar-refractivity contribution in [2.45, 2.75) is 0 Å². The third kappa shape index (κ3) is 2.88. The SMILES string of the molecule is Clc1ccc(/C=C/c2nc3cc(Br)ccc3o2)cc1. The summed E-state index contributed by atoms with van der Waals surface area (Å²) in [5, 5.41) is 0.726. The average molecular weight is 335 g/mol. The third-order valence-corrected chi connectivity index (χ3v) is 3.40. The molecule has 0 N–H and O–H groups in total. The van der Waals surface area contributed by atoms with E-state index in [1.54, 1.807) is 0 Å². The normalized spacial score (nSPS) is 11.5. The quantitative estimate of drug-likeness (QED) is 0.626. The van der Waals surface area contributed by atoms with Crippen molar-refractivity contribution in [1.82, 2.24) is 4.98 Å². The molecule has 1 aromatic heterocycles. The van der Waals surface area contributed by atoms with E-state index in [0.717, 1.165) is 26.2 Å². The number of aromatic nitrogens is 1. The molecule has 19 heavy (non-hydrogen) atoms. The van der Waals surface area contributed by atoms with Crippen molar-refractivity contribution in [2.75, 3.05) is 0 Å². The fourth-order valence-corrected chi connectivity index (χ4v) is 2.21. The monoisotopic (exact) mass is 333 g/mol. The fourth-order valence-electron chi connectivity index (χ4n) is 1.73. The molecule has 1 heterocycles. The van der Waals surface area contributed by atoms with Crippen molar-refractivity contribution in [3.05, 3.63) is 63.4 Å². The van der Waals surface area contributed by atoms with Gasteiger partial charge in [0, 0.05) is 15.6 Å². The lowest BCUT2D eigenvalue weighted by Crippen LogP contribution is -1.72. The smallest absolute Gasteiger partial charge is 0.220 e. The topological polar surface area (TPSA) is 26.0 Å². The number of rotatable bonds is 2. The second-order valence-electron chi connectivity index (χ2n) is 4.05. The largest absolute Gasteiger partial charge is 0.437 e. The number of halogens is 2. The van der Waals surface area contributed by atoms with Crippen LogP contribution in [0.4, 0.5) is 0 Å². The Morgan fingerprint density at radius 3 is 2.63 bits per heavy atom. The molecule has 94 valence electrons. The number of fused-ring (bicyclic) bond motifs is 1. The highest BCUT2D eigenvalue weighted by atomic mass is 79.9. The molecule has 3 rings (SSSR count). The molecule has 0 aliphatic rings. The predicted molar refractivity (Wildman–Crippen MR) is 82.1 cm³/mol. The first-order chi connectivity index (χ1) is 9.20. The van der Waals surface area contributed by atoms with Crippen LogP contribution >= 0.6 is 27.5 Å². The van der Waals surface area contributed by atoms with Crippen molar-refractivity contribution < 1.29 is 4.42 Å². The first kappa shape index (κ1) is 12.5. The van der Waals surface area contributed by atoms with Gasteiger partial charge >= 0.3 is 0 Å². The number of hydrogen-bond donors (Lipinski definition) is 0. The van der Waals surface area contributed by atoms with Crippen LogP contribution in [0.2, 0.25) is 5.02 Å². The zero-order chi connectivity index (χ0) is 13.2. The molecule has 0 aliphatic heterocycles. The van der Waals surface area contributed by atoms with Gasteiger partial charge in [-0.2, -0.15) is 0 Å². The van der Waals surface area contributed by atoms with Crippen LogP contribution in [-0.2, 0) is 0 Å². The average Bonchev–Trinajstić information content (AvgIpc) is 2.80. The van der Waals surface area contributed by atoms with Gasteiger partial charge in [-0.15, -0.1) is 0 Å². The first-order valence-corrected chi connectivity index (χ1v) is 6.87. The maximum atomic E-state index is 5.84. The van der Waals surface area contributed by atoms with Gasteiger partial charge in [0.25, 0.3) is 0 Å². The van der Waals surface area contributed by atoms with E-state index in [9.17, 15) is 0 Å². The number of oxazole rings is 1. The minimum absolute atomic E-state index is 0.586. The molecule has 0 aliphatic carbocycles. The van der Waals surface area contributed by atoms with Gasteiger partial charge in [-0.3, -0.25) is 0 Å². The van der Waals surface area contributed by atoms with E-state index in [1.165, 1.54) is 0 Å².